The van der Waals surface area contributed by atoms with Crippen LogP contribution in [0.3, 0.4) is 0 Å². The van der Waals surface area contributed by atoms with Crippen LogP contribution in [0.5, 0.6) is 0 Å². The van der Waals surface area contributed by atoms with Crippen molar-refractivity contribution in [2.45, 2.75) is 12.8 Å². The Kier molecular flexibility index (Phi) is 3.86. The van der Waals surface area contributed by atoms with E-state index in [4.69, 9.17) is 4.42 Å². The Morgan fingerprint density at radius 3 is 2.89 bits per heavy atom. The summed E-state index contributed by atoms with van der Waals surface area (Å²) in [6.45, 7) is 0.733. The Bertz CT molecular complexity index is 1200. The highest BCUT2D eigenvalue weighted by Gasteiger charge is 2.25. The number of carboxylic acids is 1. The monoisotopic (exact) mass is 370 g/mol. The molecule has 0 atom stereocenters. The molecule has 0 saturated carbocycles. The van der Waals surface area contributed by atoms with Gasteiger partial charge in [-0.1, -0.05) is 12.1 Å². The van der Waals surface area contributed by atoms with Gasteiger partial charge in [-0.3, -0.25) is 0 Å². The molecule has 1 aliphatic rings. The predicted octanol–water partition coefficient (Wildman–Crippen LogP) is 4.81. The SMILES string of the molecule is O=C(O)c1cccc2c1CCN2c1cc(Cc2ccc3occc3c2)ccn1. The molecule has 0 amide bonds. The summed E-state index contributed by atoms with van der Waals surface area (Å²) in [7, 11) is 0. The standard InChI is InChI=1S/C23H18N2O3/c26-23(27)19-2-1-3-20-18(19)7-10-25(20)22-14-16(6-9-24-22)12-15-4-5-21-17(13-15)8-11-28-21/h1-6,8-9,11,13-14H,7,10,12H2,(H,26,27). The van der Waals surface area contributed by atoms with Crippen LogP contribution in [-0.2, 0) is 12.8 Å². The fourth-order valence-electron chi connectivity index (χ4n) is 3.95. The second kappa shape index (κ2) is 6.53. The molecule has 0 saturated heterocycles. The van der Waals surface area contributed by atoms with Crippen molar-refractivity contribution in [1.82, 2.24) is 4.98 Å². The number of rotatable bonds is 4. The lowest BCUT2D eigenvalue weighted by molar-refractivity contribution is 0.0696. The minimum atomic E-state index is -0.880. The highest BCUT2D eigenvalue weighted by molar-refractivity contribution is 5.92. The van der Waals surface area contributed by atoms with Crippen LogP contribution < -0.4 is 4.90 Å². The first-order chi connectivity index (χ1) is 13.7. The van der Waals surface area contributed by atoms with Crippen LogP contribution in [0.2, 0.25) is 0 Å². The van der Waals surface area contributed by atoms with Gasteiger partial charge in [-0.05, 0) is 72.0 Å². The molecule has 2 aromatic carbocycles. The molecule has 0 spiro atoms. The number of nitrogens with zero attached hydrogens (tertiary/aromatic N) is 2. The first kappa shape index (κ1) is 16.6. The van der Waals surface area contributed by atoms with Gasteiger partial charge in [0.05, 0.1) is 11.8 Å². The molecular weight excluding hydrogens is 352 g/mol. The Labute approximate surface area is 161 Å². The molecular formula is C23H18N2O3. The lowest BCUT2D eigenvalue weighted by Gasteiger charge is -2.19. The summed E-state index contributed by atoms with van der Waals surface area (Å²) in [5.74, 6) is -0.0294. The van der Waals surface area contributed by atoms with E-state index >= 15 is 0 Å². The van der Waals surface area contributed by atoms with Crippen LogP contribution in [0.4, 0.5) is 11.5 Å². The van der Waals surface area contributed by atoms with E-state index in [0.717, 1.165) is 46.6 Å². The predicted molar refractivity (Wildman–Crippen MR) is 107 cm³/mol. The molecule has 5 rings (SSSR count). The normalized spacial score (nSPS) is 13.1. The van der Waals surface area contributed by atoms with Crippen molar-refractivity contribution in [3.8, 4) is 0 Å². The number of benzene rings is 2. The van der Waals surface area contributed by atoms with Crippen LogP contribution in [0.1, 0.15) is 27.0 Å². The smallest absolute Gasteiger partial charge is 0.336 e. The molecule has 0 aliphatic carbocycles. The third-order valence-electron chi connectivity index (χ3n) is 5.27. The lowest BCUT2D eigenvalue weighted by Crippen LogP contribution is -2.15. The van der Waals surface area contributed by atoms with Gasteiger partial charge in [0.15, 0.2) is 0 Å². The fourth-order valence-corrected chi connectivity index (χ4v) is 3.95. The quantitative estimate of drug-likeness (QED) is 0.558. The third-order valence-corrected chi connectivity index (χ3v) is 5.27. The van der Waals surface area contributed by atoms with Gasteiger partial charge >= 0.3 is 5.97 Å². The summed E-state index contributed by atoms with van der Waals surface area (Å²) in [6.07, 6.45) is 5.03. The van der Waals surface area contributed by atoms with Crippen LogP contribution >= 0.6 is 0 Å². The largest absolute Gasteiger partial charge is 0.478 e. The van der Waals surface area contributed by atoms with E-state index in [1.807, 2.05) is 30.5 Å². The van der Waals surface area contributed by atoms with Crippen molar-refractivity contribution in [2.75, 3.05) is 11.4 Å². The van der Waals surface area contributed by atoms with Crippen molar-refractivity contribution in [3.05, 3.63) is 89.3 Å². The highest BCUT2D eigenvalue weighted by Crippen LogP contribution is 2.35. The van der Waals surface area contributed by atoms with Crippen molar-refractivity contribution >= 4 is 28.4 Å². The van der Waals surface area contributed by atoms with Crippen molar-refractivity contribution in [1.29, 1.82) is 0 Å². The minimum absolute atomic E-state index is 0.379. The van der Waals surface area contributed by atoms with E-state index in [1.54, 1.807) is 18.4 Å². The molecule has 0 radical (unpaired) electrons. The van der Waals surface area contributed by atoms with Crippen molar-refractivity contribution < 1.29 is 14.3 Å². The molecule has 4 aromatic rings. The number of furan rings is 1. The maximum Gasteiger partial charge on any atom is 0.336 e. The summed E-state index contributed by atoms with van der Waals surface area (Å²) in [5.41, 5.74) is 5.46. The number of carbonyl (C=O) groups is 1. The Morgan fingerprint density at radius 2 is 2.00 bits per heavy atom. The molecule has 0 bridgehead atoms. The summed E-state index contributed by atoms with van der Waals surface area (Å²) < 4.78 is 5.41. The molecule has 5 nitrogen and oxygen atoms in total. The maximum absolute atomic E-state index is 11.5. The van der Waals surface area contributed by atoms with Crippen LogP contribution in [-0.4, -0.2) is 22.6 Å². The van der Waals surface area contributed by atoms with Gasteiger partial charge in [0.1, 0.15) is 11.4 Å². The number of pyridine rings is 1. The van der Waals surface area contributed by atoms with E-state index in [9.17, 15) is 9.90 Å². The summed E-state index contributed by atoms with van der Waals surface area (Å²) in [5, 5.41) is 10.5. The number of aromatic nitrogens is 1. The number of hydrogen-bond acceptors (Lipinski definition) is 4. The number of anilines is 2. The molecule has 5 heteroatoms. The van der Waals surface area contributed by atoms with Gasteiger partial charge < -0.3 is 14.4 Å². The number of aromatic carboxylic acids is 1. The Balaban J connectivity index is 1.46. The second-order valence-corrected chi connectivity index (χ2v) is 7.00. The van der Waals surface area contributed by atoms with Gasteiger partial charge in [0.25, 0.3) is 0 Å². The molecule has 0 fully saturated rings. The van der Waals surface area contributed by atoms with Gasteiger partial charge in [0.2, 0.25) is 0 Å². The zero-order chi connectivity index (χ0) is 19.1. The highest BCUT2D eigenvalue weighted by atomic mass is 16.4. The molecule has 138 valence electrons. The molecule has 28 heavy (non-hydrogen) atoms. The molecule has 1 aliphatic heterocycles. The van der Waals surface area contributed by atoms with Crippen LogP contribution in [0.25, 0.3) is 11.0 Å². The van der Waals surface area contributed by atoms with Gasteiger partial charge in [-0.2, -0.15) is 0 Å². The number of fused-ring (bicyclic) bond motifs is 2. The van der Waals surface area contributed by atoms with Gasteiger partial charge in [-0.15, -0.1) is 0 Å². The first-order valence-corrected chi connectivity index (χ1v) is 9.23. The van der Waals surface area contributed by atoms with E-state index in [1.165, 1.54) is 5.56 Å². The molecule has 0 unspecified atom stereocenters. The molecule has 1 N–H and O–H groups in total. The van der Waals surface area contributed by atoms with E-state index in [-0.39, 0.29) is 0 Å². The Morgan fingerprint density at radius 1 is 1.11 bits per heavy atom. The number of hydrogen-bond donors (Lipinski definition) is 1. The van der Waals surface area contributed by atoms with Gasteiger partial charge in [0, 0.05) is 23.8 Å². The van der Waals surface area contributed by atoms with Gasteiger partial charge in [-0.25, -0.2) is 9.78 Å². The second-order valence-electron chi connectivity index (χ2n) is 7.00. The lowest BCUT2D eigenvalue weighted by atomic mass is 10.0. The van der Waals surface area contributed by atoms with E-state index in [0.29, 0.717) is 12.0 Å². The van der Waals surface area contributed by atoms with E-state index in [2.05, 4.69) is 28.1 Å². The summed E-state index contributed by atoms with van der Waals surface area (Å²) in [6, 6.07) is 17.7. The van der Waals surface area contributed by atoms with Crippen LogP contribution in [0, 0.1) is 0 Å². The average Bonchev–Trinajstić information content (AvgIpc) is 3.34. The maximum atomic E-state index is 11.5. The first-order valence-electron chi connectivity index (χ1n) is 9.23. The third kappa shape index (κ3) is 2.81. The van der Waals surface area contributed by atoms with E-state index < -0.39 is 5.97 Å². The fraction of sp³-hybridized carbons (Fsp3) is 0.130. The van der Waals surface area contributed by atoms with Crippen molar-refractivity contribution in [2.24, 2.45) is 0 Å². The number of carboxylic acid groups (broad SMARTS) is 1. The zero-order valence-corrected chi connectivity index (χ0v) is 15.1. The topological polar surface area (TPSA) is 66.6 Å². The summed E-state index contributed by atoms with van der Waals surface area (Å²) in [4.78, 5) is 18.1. The minimum Gasteiger partial charge on any atom is -0.478 e. The zero-order valence-electron chi connectivity index (χ0n) is 15.1. The average molecular weight is 370 g/mol. The molecule has 2 aromatic heterocycles. The van der Waals surface area contributed by atoms with Crippen molar-refractivity contribution in [3.63, 3.8) is 0 Å². The van der Waals surface area contributed by atoms with Crippen LogP contribution in [0.15, 0.2) is 71.5 Å². The Hall–Kier alpha value is -3.60. The summed E-state index contributed by atoms with van der Waals surface area (Å²) >= 11 is 0. The molecule has 3 heterocycles.